The molecule has 0 aromatic carbocycles. The predicted molar refractivity (Wildman–Crippen MR) is 115 cm³/mol. The number of rotatable bonds is 4. The predicted octanol–water partition coefficient (Wildman–Crippen LogP) is 4.77. The van der Waals surface area contributed by atoms with E-state index in [-0.39, 0.29) is 5.92 Å². The van der Waals surface area contributed by atoms with Gasteiger partial charge in [0.25, 0.3) is 0 Å². The highest BCUT2D eigenvalue weighted by atomic mass is 15.5. The highest BCUT2D eigenvalue weighted by molar-refractivity contribution is 5.84. The van der Waals surface area contributed by atoms with E-state index in [9.17, 15) is 0 Å². The minimum atomic E-state index is 0.273. The second-order valence-corrected chi connectivity index (χ2v) is 8.92. The number of H-pyrrole nitrogens is 1. The van der Waals surface area contributed by atoms with Crippen molar-refractivity contribution in [1.29, 1.82) is 0 Å². The topological polar surface area (TPSA) is 93.1 Å². The Labute approximate surface area is 177 Å². The zero-order chi connectivity index (χ0) is 20.5. The summed E-state index contributed by atoms with van der Waals surface area (Å²) in [5.41, 5.74) is 6.94. The lowest BCUT2D eigenvalue weighted by atomic mass is 9.88. The molecule has 0 saturated heterocycles. The van der Waals surface area contributed by atoms with Crippen LogP contribution < -0.4 is 0 Å². The largest absolute Gasteiger partial charge is 0.256 e. The van der Waals surface area contributed by atoms with Crippen molar-refractivity contribution in [3.63, 3.8) is 0 Å². The first kappa shape index (κ1) is 19.3. The van der Waals surface area contributed by atoms with Crippen LogP contribution in [0.1, 0.15) is 93.4 Å². The monoisotopic (exact) mass is 403 g/mol. The first-order valence-electron chi connectivity index (χ1n) is 11.4. The van der Waals surface area contributed by atoms with Gasteiger partial charge >= 0.3 is 0 Å². The van der Waals surface area contributed by atoms with Gasteiger partial charge in [-0.25, -0.2) is 15.1 Å². The summed E-state index contributed by atoms with van der Waals surface area (Å²) in [6, 6.07) is 2.04. The average Bonchev–Trinajstić information content (AvgIpc) is 3.44. The van der Waals surface area contributed by atoms with Crippen LogP contribution in [-0.2, 0) is 12.8 Å². The second kappa shape index (κ2) is 8.20. The summed E-state index contributed by atoms with van der Waals surface area (Å²) in [6.45, 7) is 4.27. The first-order chi connectivity index (χ1) is 14.7. The fourth-order valence-corrected chi connectivity index (χ4v) is 5.01. The zero-order valence-electron chi connectivity index (χ0n) is 17.9. The number of pyridine rings is 1. The fraction of sp³-hybridized carbons (Fsp3) is 0.565. The third kappa shape index (κ3) is 3.50. The Morgan fingerprint density at radius 1 is 0.967 bits per heavy atom. The molecule has 3 heterocycles. The van der Waals surface area contributed by atoms with Gasteiger partial charge in [-0.05, 0) is 60.6 Å². The van der Waals surface area contributed by atoms with E-state index in [2.05, 4.69) is 39.5 Å². The minimum Gasteiger partial charge on any atom is -0.256 e. The Balaban J connectivity index is 1.82. The molecule has 156 valence electrons. The van der Waals surface area contributed by atoms with Crippen LogP contribution in [0.4, 0.5) is 0 Å². The van der Waals surface area contributed by atoms with Gasteiger partial charge in [-0.3, -0.25) is 4.98 Å². The summed E-state index contributed by atoms with van der Waals surface area (Å²) >= 11 is 0. The maximum Gasteiger partial charge on any atom is 0.181 e. The zero-order valence-corrected chi connectivity index (χ0v) is 17.9. The van der Waals surface area contributed by atoms with E-state index in [1.54, 1.807) is 0 Å². The molecule has 0 amide bonds. The van der Waals surface area contributed by atoms with E-state index < -0.39 is 0 Å². The third-order valence-electron chi connectivity index (χ3n) is 6.52. The summed E-state index contributed by atoms with van der Waals surface area (Å²) in [6.07, 6.45) is 12.5. The van der Waals surface area contributed by atoms with Crippen molar-refractivity contribution in [1.82, 2.24) is 35.6 Å². The smallest absolute Gasteiger partial charge is 0.181 e. The molecule has 0 unspecified atom stereocenters. The Morgan fingerprint density at radius 2 is 1.80 bits per heavy atom. The van der Waals surface area contributed by atoms with Crippen molar-refractivity contribution in [2.75, 3.05) is 0 Å². The molecular formula is C23H29N7. The Bertz CT molecular complexity index is 1020. The fourth-order valence-electron chi connectivity index (χ4n) is 5.01. The lowest BCUT2D eigenvalue weighted by molar-refractivity contribution is 0.684. The highest BCUT2D eigenvalue weighted by Crippen LogP contribution is 2.44. The molecule has 7 heteroatoms. The molecule has 0 radical (unpaired) electrons. The molecule has 1 N–H and O–H groups in total. The van der Waals surface area contributed by atoms with Gasteiger partial charge in [0, 0.05) is 29.3 Å². The Morgan fingerprint density at radius 3 is 2.57 bits per heavy atom. The number of hydrogen-bond donors (Lipinski definition) is 1. The van der Waals surface area contributed by atoms with Crippen molar-refractivity contribution >= 4 is 0 Å². The van der Waals surface area contributed by atoms with Crippen molar-refractivity contribution < 1.29 is 0 Å². The summed E-state index contributed by atoms with van der Waals surface area (Å²) in [7, 11) is 0. The molecule has 2 aliphatic carbocycles. The van der Waals surface area contributed by atoms with Crippen LogP contribution in [0.15, 0.2) is 12.3 Å². The molecule has 0 bridgehead atoms. The van der Waals surface area contributed by atoms with Crippen LogP contribution in [0.2, 0.25) is 0 Å². The van der Waals surface area contributed by atoms with Gasteiger partial charge in [-0.2, -0.15) is 0 Å². The van der Waals surface area contributed by atoms with E-state index in [0.717, 1.165) is 35.6 Å². The number of nitrogens with one attached hydrogen (secondary N) is 1. The van der Waals surface area contributed by atoms with Gasteiger partial charge in [-0.15, -0.1) is 5.10 Å². The molecule has 1 saturated carbocycles. The Kier molecular flexibility index (Phi) is 5.27. The van der Waals surface area contributed by atoms with Gasteiger partial charge in [0.2, 0.25) is 0 Å². The summed E-state index contributed by atoms with van der Waals surface area (Å²) < 4.78 is 0. The van der Waals surface area contributed by atoms with Gasteiger partial charge in [0.1, 0.15) is 5.82 Å². The molecule has 3 aromatic rings. The van der Waals surface area contributed by atoms with Crippen LogP contribution >= 0.6 is 0 Å². The molecule has 5 rings (SSSR count). The van der Waals surface area contributed by atoms with Crippen LogP contribution in [0.5, 0.6) is 0 Å². The molecule has 3 aromatic heterocycles. The second-order valence-electron chi connectivity index (χ2n) is 8.92. The quantitative estimate of drug-likeness (QED) is 0.631. The molecule has 2 aliphatic rings. The van der Waals surface area contributed by atoms with Crippen molar-refractivity contribution in [3.8, 4) is 22.6 Å². The maximum atomic E-state index is 5.30. The number of nitrogens with zero attached hydrogens (tertiary/aromatic N) is 6. The van der Waals surface area contributed by atoms with E-state index in [1.165, 1.54) is 61.8 Å². The van der Waals surface area contributed by atoms with Crippen LogP contribution in [0.3, 0.4) is 0 Å². The SMILES string of the molecule is CC(C)c1nccc(-c2c3c(nc(C4CCCC4)c2-c2nnn[nH]2)CCCCC3)n1. The molecule has 1 fully saturated rings. The maximum absolute atomic E-state index is 5.30. The highest BCUT2D eigenvalue weighted by Gasteiger charge is 2.30. The normalized spacial score (nSPS) is 17.3. The van der Waals surface area contributed by atoms with Crippen LogP contribution in [0, 0.1) is 0 Å². The molecule has 30 heavy (non-hydrogen) atoms. The molecule has 0 atom stereocenters. The third-order valence-corrected chi connectivity index (χ3v) is 6.52. The average molecular weight is 404 g/mol. The number of aromatic nitrogens is 7. The van der Waals surface area contributed by atoms with Crippen molar-refractivity contribution in [2.24, 2.45) is 0 Å². The number of aryl methyl sites for hydroxylation is 1. The van der Waals surface area contributed by atoms with E-state index >= 15 is 0 Å². The number of fused-ring (bicyclic) bond motifs is 1. The molecule has 0 spiro atoms. The number of tetrazole rings is 1. The molecule has 7 nitrogen and oxygen atoms in total. The summed E-state index contributed by atoms with van der Waals surface area (Å²) in [5, 5.41) is 15.2. The van der Waals surface area contributed by atoms with E-state index in [4.69, 9.17) is 9.97 Å². The van der Waals surface area contributed by atoms with Gasteiger partial charge in [0.05, 0.1) is 17.0 Å². The van der Waals surface area contributed by atoms with Crippen LogP contribution in [-0.4, -0.2) is 35.6 Å². The van der Waals surface area contributed by atoms with Crippen LogP contribution in [0.25, 0.3) is 22.6 Å². The van der Waals surface area contributed by atoms with E-state index in [0.29, 0.717) is 11.7 Å². The Hall–Kier alpha value is -2.70. The molecular weight excluding hydrogens is 374 g/mol. The van der Waals surface area contributed by atoms with E-state index in [1.807, 2.05) is 12.3 Å². The summed E-state index contributed by atoms with van der Waals surface area (Å²) in [4.78, 5) is 14.8. The van der Waals surface area contributed by atoms with Crippen molar-refractivity contribution in [3.05, 3.63) is 35.0 Å². The first-order valence-corrected chi connectivity index (χ1v) is 11.4. The van der Waals surface area contributed by atoms with Gasteiger partial charge in [0.15, 0.2) is 5.82 Å². The van der Waals surface area contributed by atoms with Gasteiger partial charge < -0.3 is 0 Å². The standard InChI is InChI=1S/C23H29N7/c1-14(2)22-24-13-12-18(26-22)19-16-10-4-3-5-11-17(16)25-21(15-8-6-7-9-15)20(19)23-27-29-30-28-23/h12-15H,3-11H2,1-2H3,(H,27,28,29,30). The lowest BCUT2D eigenvalue weighted by Gasteiger charge is -2.22. The minimum absolute atomic E-state index is 0.273. The van der Waals surface area contributed by atoms with Gasteiger partial charge in [-0.1, -0.05) is 33.1 Å². The summed E-state index contributed by atoms with van der Waals surface area (Å²) in [5.74, 6) is 2.31. The number of aromatic amines is 1. The van der Waals surface area contributed by atoms with Crippen molar-refractivity contribution in [2.45, 2.75) is 83.5 Å². The number of hydrogen-bond acceptors (Lipinski definition) is 6. The molecule has 0 aliphatic heterocycles. The lowest BCUT2D eigenvalue weighted by Crippen LogP contribution is -2.11.